The van der Waals surface area contributed by atoms with Gasteiger partial charge in [-0.1, -0.05) is 20.8 Å². The zero-order valence-corrected chi connectivity index (χ0v) is 15.2. The molecule has 0 heterocycles. The average molecular weight is 337 g/mol. The number of ether oxygens (including phenoxy) is 2. The van der Waals surface area contributed by atoms with E-state index >= 15 is 0 Å². The molecule has 0 fully saturated rings. The van der Waals surface area contributed by atoms with Crippen LogP contribution in [0.4, 0.5) is 5.69 Å². The van der Waals surface area contributed by atoms with Crippen molar-refractivity contribution in [2.75, 3.05) is 39.7 Å². The maximum atomic E-state index is 12.5. The van der Waals surface area contributed by atoms with Gasteiger partial charge in [-0.15, -0.1) is 0 Å². The molecule has 0 bridgehead atoms. The van der Waals surface area contributed by atoms with Crippen LogP contribution in [0.25, 0.3) is 0 Å². The van der Waals surface area contributed by atoms with Crippen molar-refractivity contribution >= 4 is 17.5 Å². The summed E-state index contributed by atoms with van der Waals surface area (Å²) in [6.07, 6.45) is 0. The summed E-state index contributed by atoms with van der Waals surface area (Å²) in [6, 6.07) is 3.15. The lowest BCUT2D eigenvalue weighted by molar-refractivity contribution is -0.123. The van der Waals surface area contributed by atoms with Crippen LogP contribution in [-0.4, -0.2) is 46.2 Å². The van der Waals surface area contributed by atoms with Crippen molar-refractivity contribution in [2.45, 2.75) is 20.8 Å². The Balaban J connectivity index is 3.21. The van der Waals surface area contributed by atoms with E-state index < -0.39 is 5.41 Å². The third kappa shape index (κ3) is 5.13. The van der Waals surface area contributed by atoms with Gasteiger partial charge in [0.2, 0.25) is 5.91 Å². The number of likely N-dealkylation sites (N-methyl/N-ethyl adjacent to an activating group) is 1. The lowest BCUT2D eigenvalue weighted by Crippen LogP contribution is -2.32. The molecule has 0 radical (unpaired) electrons. The molecule has 1 aromatic rings. The third-order valence-electron chi connectivity index (χ3n) is 3.36. The number of carbonyl (C=O) groups excluding carboxylic acids is 2. The molecule has 7 nitrogen and oxygen atoms in total. The number of anilines is 1. The van der Waals surface area contributed by atoms with Gasteiger partial charge >= 0.3 is 0 Å². The highest BCUT2D eigenvalue weighted by molar-refractivity contribution is 6.05. The molecule has 0 aromatic heterocycles. The first-order valence-corrected chi connectivity index (χ1v) is 7.74. The van der Waals surface area contributed by atoms with Crippen LogP contribution >= 0.6 is 0 Å². The first kappa shape index (κ1) is 19.8. The highest BCUT2D eigenvalue weighted by Gasteiger charge is 2.24. The molecule has 0 saturated heterocycles. The molecular weight excluding hydrogens is 310 g/mol. The van der Waals surface area contributed by atoms with Gasteiger partial charge in [0, 0.05) is 24.6 Å². The van der Waals surface area contributed by atoms with Crippen LogP contribution in [-0.2, 0) is 4.79 Å². The standard InChI is InChI=1S/C17H27N3O4/c1-17(2,3)16(22)20-12-10-14(24-6)13(23-5)9-11(12)15(21)19-8-7-18-4/h9-10,18H,7-8H2,1-6H3,(H,19,21)(H,20,22). The fraction of sp³-hybridized carbons (Fsp3) is 0.529. The van der Waals surface area contributed by atoms with Gasteiger partial charge in [0.15, 0.2) is 11.5 Å². The fourth-order valence-corrected chi connectivity index (χ4v) is 1.88. The normalized spacial score (nSPS) is 10.9. The maximum Gasteiger partial charge on any atom is 0.253 e. The minimum absolute atomic E-state index is 0.195. The van der Waals surface area contributed by atoms with Gasteiger partial charge < -0.3 is 25.4 Å². The molecule has 2 amide bonds. The molecule has 0 aliphatic heterocycles. The molecule has 134 valence electrons. The van der Waals surface area contributed by atoms with Crippen LogP contribution in [0.15, 0.2) is 12.1 Å². The minimum Gasteiger partial charge on any atom is -0.493 e. The summed E-state index contributed by atoms with van der Waals surface area (Å²) in [7, 11) is 4.80. The molecule has 0 saturated carbocycles. The number of amides is 2. The van der Waals surface area contributed by atoms with Crippen LogP contribution in [0, 0.1) is 5.41 Å². The zero-order valence-electron chi connectivity index (χ0n) is 15.2. The van der Waals surface area contributed by atoms with Crippen molar-refractivity contribution in [3.05, 3.63) is 17.7 Å². The summed E-state index contributed by atoms with van der Waals surface area (Å²) in [5.74, 6) is 0.368. The van der Waals surface area contributed by atoms with Gasteiger partial charge in [-0.3, -0.25) is 9.59 Å². The molecule has 7 heteroatoms. The Bertz CT molecular complexity index is 594. The Morgan fingerprint density at radius 2 is 1.62 bits per heavy atom. The van der Waals surface area contributed by atoms with E-state index in [-0.39, 0.29) is 11.8 Å². The largest absolute Gasteiger partial charge is 0.493 e. The number of carbonyl (C=O) groups is 2. The van der Waals surface area contributed by atoms with E-state index in [1.165, 1.54) is 14.2 Å². The molecule has 1 aromatic carbocycles. The van der Waals surface area contributed by atoms with Gasteiger partial charge in [0.05, 0.1) is 25.5 Å². The Labute approximate surface area is 143 Å². The lowest BCUT2D eigenvalue weighted by Gasteiger charge is -2.20. The van der Waals surface area contributed by atoms with Crippen molar-refractivity contribution in [2.24, 2.45) is 5.41 Å². The molecule has 0 unspecified atom stereocenters. The van der Waals surface area contributed by atoms with Crippen LogP contribution in [0.2, 0.25) is 0 Å². The summed E-state index contributed by atoms with van der Waals surface area (Å²) < 4.78 is 10.5. The molecule has 0 spiro atoms. The van der Waals surface area contributed by atoms with Crippen molar-refractivity contribution in [1.29, 1.82) is 0 Å². The van der Waals surface area contributed by atoms with Crippen LogP contribution in [0.3, 0.4) is 0 Å². The second-order valence-electron chi connectivity index (χ2n) is 6.32. The number of methoxy groups -OCH3 is 2. The van der Waals surface area contributed by atoms with E-state index in [0.717, 1.165) is 0 Å². The highest BCUT2D eigenvalue weighted by Crippen LogP contribution is 2.34. The van der Waals surface area contributed by atoms with Crippen LogP contribution in [0.1, 0.15) is 31.1 Å². The number of rotatable bonds is 7. The first-order chi connectivity index (χ1) is 11.2. The fourth-order valence-electron chi connectivity index (χ4n) is 1.88. The predicted octanol–water partition coefficient (Wildman–Crippen LogP) is 1.64. The smallest absolute Gasteiger partial charge is 0.253 e. The van der Waals surface area contributed by atoms with Crippen molar-refractivity contribution in [1.82, 2.24) is 10.6 Å². The zero-order chi connectivity index (χ0) is 18.3. The van der Waals surface area contributed by atoms with E-state index in [0.29, 0.717) is 35.8 Å². The van der Waals surface area contributed by atoms with Gasteiger partial charge in [-0.25, -0.2) is 0 Å². The van der Waals surface area contributed by atoms with Gasteiger partial charge in [-0.2, -0.15) is 0 Å². The van der Waals surface area contributed by atoms with E-state index in [4.69, 9.17) is 9.47 Å². The van der Waals surface area contributed by atoms with Gasteiger partial charge in [-0.05, 0) is 13.1 Å². The highest BCUT2D eigenvalue weighted by atomic mass is 16.5. The second kappa shape index (κ2) is 8.54. The van der Waals surface area contributed by atoms with Crippen molar-refractivity contribution in [3.8, 4) is 11.5 Å². The molecule has 3 N–H and O–H groups in total. The topological polar surface area (TPSA) is 88.7 Å². The first-order valence-electron chi connectivity index (χ1n) is 7.74. The predicted molar refractivity (Wildman–Crippen MR) is 93.9 cm³/mol. The number of nitrogens with one attached hydrogen (secondary N) is 3. The molecular formula is C17H27N3O4. The second-order valence-corrected chi connectivity index (χ2v) is 6.32. The monoisotopic (exact) mass is 337 g/mol. The minimum atomic E-state index is -0.590. The third-order valence-corrected chi connectivity index (χ3v) is 3.36. The lowest BCUT2D eigenvalue weighted by atomic mass is 9.95. The van der Waals surface area contributed by atoms with E-state index in [1.54, 1.807) is 40.0 Å². The Kier molecular flexibility index (Phi) is 7.03. The van der Waals surface area contributed by atoms with Crippen LogP contribution < -0.4 is 25.4 Å². The van der Waals surface area contributed by atoms with E-state index in [2.05, 4.69) is 16.0 Å². The summed E-state index contributed by atoms with van der Waals surface area (Å²) in [5.41, 5.74) is 0.114. The summed E-state index contributed by atoms with van der Waals surface area (Å²) >= 11 is 0. The van der Waals surface area contributed by atoms with Gasteiger partial charge in [0.1, 0.15) is 0 Å². The summed E-state index contributed by atoms with van der Waals surface area (Å²) in [5, 5.41) is 8.54. The summed E-state index contributed by atoms with van der Waals surface area (Å²) in [4.78, 5) is 24.8. The Hall–Kier alpha value is -2.28. The quantitative estimate of drug-likeness (QED) is 0.658. The average Bonchev–Trinajstić information content (AvgIpc) is 2.53. The molecule has 0 atom stereocenters. The molecule has 24 heavy (non-hydrogen) atoms. The number of hydrogen-bond donors (Lipinski definition) is 3. The number of hydrogen-bond acceptors (Lipinski definition) is 5. The maximum absolute atomic E-state index is 12.5. The molecule has 0 aliphatic rings. The van der Waals surface area contributed by atoms with E-state index in [9.17, 15) is 9.59 Å². The Morgan fingerprint density at radius 1 is 1.04 bits per heavy atom. The van der Waals surface area contributed by atoms with Crippen LogP contribution in [0.5, 0.6) is 11.5 Å². The Morgan fingerprint density at radius 3 is 2.12 bits per heavy atom. The van der Waals surface area contributed by atoms with E-state index in [1.807, 2.05) is 0 Å². The molecule has 0 aliphatic carbocycles. The van der Waals surface area contributed by atoms with Gasteiger partial charge in [0.25, 0.3) is 5.91 Å². The van der Waals surface area contributed by atoms with Crippen molar-refractivity contribution in [3.63, 3.8) is 0 Å². The summed E-state index contributed by atoms with van der Waals surface area (Å²) in [6.45, 7) is 6.51. The number of benzene rings is 1. The SMILES string of the molecule is CNCCNC(=O)c1cc(OC)c(OC)cc1NC(=O)C(C)(C)C. The van der Waals surface area contributed by atoms with Crippen molar-refractivity contribution < 1.29 is 19.1 Å². The molecule has 1 rings (SSSR count).